The average molecular weight is 392 g/mol. The van der Waals surface area contributed by atoms with E-state index in [0.29, 0.717) is 6.42 Å². The number of unbranched alkanes of at least 4 members (excludes halogenated alkanes) is 4. The minimum atomic E-state index is -1.23. The van der Waals surface area contributed by atoms with Crippen molar-refractivity contribution in [1.29, 1.82) is 0 Å². The summed E-state index contributed by atoms with van der Waals surface area (Å²) in [7, 11) is 0. The Morgan fingerprint density at radius 2 is 1.32 bits per heavy atom. The Kier molecular flexibility index (Phi) is 18.1. The van der Waals surface area contributed by atoms with Crippen LogP contribution in [0.5, 0.6) is 0 Å². The van der Waals surface area contributed by atoms with Gasteiger partial charge in [-0.1, -0.05) is 68.4 Å². The maximum Gasteiger partial charge on any atom is 0.328 e. The molecule has 0 aromatic heterocycles. The van der Waals surface area contributed by atoms with Gasteiger partial charge in [0.05, 0.1) is 6.61 Å². The Morgan fingerprint density at radius 1 is 0.821 bits per heavy atom. The van der Waals surface area contributed by atoms with Crippen molar-refractivity contribution in [2.24, 2.45) is 0 Å². The molecule has 0 fully saturated rings. The van der Waals surface area contributed by atoms with E-state index in [0.717, 1.165) is 25.7 Å². The molecule has 0 aromatic carbocycles. The molecule has 0 aliphatic rings. The third kappa shape index (κ3) is 17.3. The molecule has 0 spiro atoms. The van der Waals surface area contributed by atoms with Crippen LogP contribution in [0.3, 0.4) is 0 Å². The number of carboxylic acid groups (broad SMARTS) is 1. The highest BCUT2D eigenvalue weighted by atomic mass is 16.4. The van der Waals surface area contributed by atoms with Gasteiger partial charge in [0, 0.05) is 6.42 Å². The minimum Gasteiger partial charge on any atom is -0.480 e. The summed E-state index contributed by atoms with van der Waals surface area (Å²) >= 11 is 0. The number of nitrogens with one attached hydrogen (secondary N) is 1. The summed E-state index contributed by atoms with van der Waals surface area (Å²) in [5.41, 5.74) is 0. The molecule has 0 aliphatic carbocycles. The fraction of sp³-hybridized carbons (Fsp3) is 0.565. The van der Waals surface area contributed by atoms with Crippen molar-refractivity contribution in [2.75, 3.05) is 6.61 Å². The molecule has 0 radical (unpaired) electrons. The highest BCUT2D eigenvalue weighted by molar-refractivity contribution is 5.83. The predicted octanol–water partition coefficient (Wildman–Crippen LogP) is 4.69. The zero-order chi connectivity index (χ0) is 20.9. The first-order valence-corrected chi connectivity index (χ1v) is 10.3. The molecule has 1 atom stereocenters. The number of hydrogen-bond donors (Lipinski definition) is 3. The zero-order valence-electron chi connectivity index (χ0n) is 17.2. The van der Waals surface area contributed by atoms with Crippen LogP contribution in [0.15, 0.2) is 48.6 Å². The van der Waals surface area contributed by atoms with E-state index in [-0.39, 0.29) is 12.3 Å². The molecule has 5 nitrogen and oxygen atoms in total. The summed E-state index contributed by atoms with van der Waals surface area (Å²) in [6, 6.07) is -1.22. The van der Waals surface area contributed by atoms with Crippen molar-refractivity contribution < 1.29 is 19.8 Å². The van der Waals surface area contributed by atoms with Crippen LogP contribution in [0.2, 0.25) is 0 Å². The van der Waals surface area contributed by atoms with Crippen molar-refractivity contribution in [2.45, 2.75) is 77.2 Å². The van der Waals surface area contributed by atoms with Crippen LogP contribution in [0, 0.1) is 0 Å². The molecule has 0 rings (SSSR count). The molecule has 0 saturated heterocycles. The van der Waals surface area contributed by atoms with E-state index in [1.807, 2.05) is 6.08 Å². The van der Waals surface area contributed by atoms with E-state index in [9.17, 15) is 9.59 Å². The molecule has 0 heterocycles. The molecule has 0 aromatic rings. The van der Waals surface area contributed by atoms with Crippen LogP contribution >= 0.6 is 0 Å². The normalized spacial score (nSPS) is 13.2. The van der Waals surface area contributed by atoms with E-state index in [4.69, 9.17) is 10.2 Å². The Labute approximate surface area is 169 Å². The highest BCUT2D eigenvalue weighted by Gasteiger charge is 2.17. The van der Waals surface area contributed by atoms with Crippen molar-refractivity contribution in [1.82, 2.24) is 5.32 Å². The summed E-state index contributed by atoms with van der Waals surface area (Å²) in [6.45, 7) is 1.62. The number of carboxylic acids is 1. The number of carbonyl (C=O) groups excluding carboxylic acids is 1. The van der Waals surface area contributed by atoms with Crippen molar-refractivity contribution >= 4 is 11.9 Å². The number of hydrogen-bond acceptors (Lipinski definition) is 3. The second-order valence-electron chi connectivity index (χ2n) is 6.62. The lowest BCUT2D eigenvalue weighted by Gasteiger charge is -2.10. The molecule has 3 N–H and O–H groups in total. The quantitative estimate of drug-likeness (QED) is 0.248. The fourth-order valence-corrected chi connectivity index (χ4v) is 2.39. The van der Waals surface area contributed by atoms with Crippen LogP contribution in [0.25, 0.3) is 0 Å². The minimum absolute atomic E-state index is 0.252. The number of aliphatic carboxylic acids is 1. The van der Waals surface area contributed by atoms with Gasteiger partial charge in [-0.25, -0.2) is 4.79 Å². The van der Waals surface area contributed by atoms with E-state index >= 15 is 0 Å². The zero-order valence-corrected chi connectivity index (χ0v) is 17.2. The van der Waals surface area contributed by atoms with Crippen LogP contribution in [0.4, 0.5) is 0 Å². The van der Waals surface area contributed by atoms with Gasteiger partial charge in [0.1, 0.15) is 6.04 Å². The molecule has 5 heteroatoms. The van der Waals surface area contributed by atoms with Gasteiger partial charge in [0.2, 0.25) is 5.91 Å². The van der Waals surface area contributed by atoms with Crippen LogP contribution in [-0.2, 0) is 9.59 Å². The maximum atomic E-state index is 11.5. The second kappa shape index (κ2) is 19.6. The molecule has 158 valence electrons. The topological polar surface area (TPSA) is 86.6 Å². The lowest BCUT2D eigenvalue weighted by molar-refractivity contribution is -0.142. The van der Waals surface area contributed by atoms with Crippen molar-refractivity contribution in [3.8, 4) is 0 Å². The third-order valence-electron chi connectivity index (χ3n) is 4.05. The number of rotatable bonds is 17. The number of carbonyl (C=O) groups is 2. The Hall–Kier alpha value is -2.14. The SMILES string of the molecule is CCCCCC=CCC=CCC=CCC=CCCCC(=O)N[C@@H](CO)C(=O)O. The van der Waals surface area contributed by atoms with Crippen molar-refractivity contribution in [3.63, 3.8) is 0 Å². The molecule has 0 saturated carbocycles. The van der Waals surface area contributed by atoms with Crippen LogP contribution in [-0.4, -0.2) is 34.7 Å². The second-order valence-corrected chi connectivity index (χ2v) is 6.62. The monoisotopic (exact) mass is 391 g/mol. The Balaban J connectivity index is 3.62. The van der Waals surface area contributed by atoms with Gasteiger partial charge in [0.25, 0.3) is 0 Å². The van der Waals surface area contributed by atoms with Crippen molar-refractivity contribution in [3.05, 3.63) is 48.6 Å². The molecule has 0 aliphatic heterocycles. The third-order valence-corrected chi connectivity index (χ3v) is 4.05. The summed E-state index contributed by atoms with van der Waals surface area (Å²) in [5.74, 6) is -1.58. The number of aliphatic hydroxyl groups is 1. The largest absolute Gasteiger partial charge is 0.480 e. The number of allylic oxidation sites excluding steroid dienone is 8. The predicted molar refractivity (Wildman–Crippen MR) is 115 cm³/mol. The number of amides is 1. The maximum absolute atomic E-state index is 11.5. The van der Waals surface area contributed by atoms with Gasteiger partial charge in [0.15, 0.2) is 0 Å². The van der Waals surface area contributed by atoms with Gasteiger partial charge in [-0.15, -0.1) is 0 Å². The van der Waals surface area contributed by atoms with Crippen LogP contribution in [0.1, 0.15) is 71.1 Å². The first-order valence-electron chi connectivity index (χ1n) is 10.3. The average Bonchev–Trinajstić information content (AvgIpc) is 2.68. The molecular formula is C23H37NO4. The molecule has 1 amide bonds. The van der Waals surface area contributed by atoms with Crippen LogP contribution < -0.4 is 5.32 Å². The summed E-state index contributed by atoms with van der Waals surface area (Å²) in [5, 5.41) is 19.9. The van der Waals surface area contributed by atoms with E-state index in [1.54, 1.807) is 0 Å². The number of aliphatic hydroxyl groups excluding tert-OH is 1. The van der Waals surface area contributed by atoms with Gasteiger partial charge in [-0.3, -0.25) is 4.79 Å². The van der Waals surface area contributed by atoms with E-state index in [1.165, 1.54) is 25.7 Å². The first-order chi connectivity index (χ1) is 13.6. The summed E-state index contributed by atoms with van der Waals surface area (Å²) in [6.07, 6.45) is 26.7. The van der Waals surface area contributed by atoms with Gasteiger partial charge >= 0.3 is 5.97 Å². The smallest absolute Gasteiger partial charge is 0.328 e. The molecule has 28 heavy (non-hydrogen) atoms. The lowest BCUT2D eigenvalue weighted by atomic mass is 10.2. The molecular weight excluding hydrogens is 354 g/mol. The first kappa shape index (κ1) is 25.9. The molecule has 0 unspecified atom stereocenters. The van der Waals surface area contributed by atoms with Gasteiger partial charge in [-0.05, 0) is 44.9 Å². The van der Waals surface area contributed by atoms with Gasteiger partial charge < -0.3 is 15.5 Å². The standard InChI is InChI=1S/C23H37NO4/c1-2-3-4-5-6-7-8-9-10-11-12-13-14-15-16-17-18-19-22(26)24-21(20-25)23(27)28/h6-7,9-10,12-13,15-16,21,25H,2-5,8,11,14,17-20H2,1H3,(H,24,26)(H,27,28)/t21-/m0/s1. The molecule has 0 bridgehead atoms. The summed E-state index contributed by atoms with van der Waals surface area (Å²) in [4.78, 5) is 22.2. The highest BCUT2D eigenvalue weighted by Crippen LogP contribution is 2.01. The van der Waals surface area contributed by atoms with E-state index in [2.05, 4.69) is 54.8 Å². The fourth-order valence-electron chi connectivity index (χ4n) is 2.39. The Morgan fingerprint density at radius 3 is 1.79 bits per heavy atom. The van der Waals surface area contributed by atoms with Gasteiger partial charge in [-0.2, -0.15) is 0 Å². The lowest BCUT2D eigenvalue weighted by Crippen LogP contribution is -2.43. The Bertz CT molecular complexity index is 521. The summed E-state index contributed by atoms with van der Waals surface area (Å²) < 4.78 is 0. The van der Waals surface area contributed by atoms with E-state index < -0.39 is 18.6 Å².